The quantitative estimate of drug-likeness (QED) is 0.899. The van der Waals surface area contributed by atoms with Crippen LogP contribution in [0.1, 0.15) is 24.6 Å². The number of nitrogens with zero attached hydrogens (tertiary/aromatic N) is 2. The van der Waals surface area contributed by atoms with Gasteiger partial charge in [0.1, 0.15) is 6.10 Å². The molecule has 0 amide bonds. The van der Waals surface area contributed by atoms with E-state index in [-0.39, 0.29) is 6.10 Å². The summed E-state index contributed by atoms with van der Waals surface area (Å²) in [5.74, 6) is 0. The van der Waals surface area contributed by atoms with E-state index in [4.69, 9.17) is 4.74 Å². The topological polar surface area (TPSA) is 47.3 Å². The van der Waals surface area contributed by atoms with Crippen LogP contribution in [0.5, 0.6) is 0 Å². The zero-order chi connectivity index (χ0) is 12.4. The van der Waals surface area contributed by atoms with Gasteiger partial charge in [-0.3, -0.25) is 0 Å². The second-order valence-electron chi connectivity index (χ2n) is 4.50. The van der Waals surface area contributed by atoms with Crippen LogP contribution in [0.2, 0.25) is 0 Å². The molecule has 2 heterocycles. The lowest BCUT2D eigenvalue weighted by Crippen LogP contribution is -2.20. The zero-order valence-corrected chi connectivity index (χ0v) is 10.1. The van der Waals surface area contributed by atoms with Gasteiger partial charge in [0, 0.05) is 12.8 Å². The smallest absolute Gasteiger partial charge is 0.122 e. The van der Waals surface area contributed by atoms with Gasteiger partial charge in [0.2, 0.25) is 0 Å². The van der Waals surface area contributed by atoms with Crippen molar-refractivity contribution in [2.45, 2.75) is 25.0 Å². The SMILES string of the molecule is OC(c1ccnn1-c1ccccc1)C1CCCO1. The van der Waals surface area contributed by atoms with E-state index in [1.807, 2.05) is 36.4 Å². The van der Waals surface area contributed by atoms with Gasteiger partial charge in [-0.1, -0.05) is 18.2 Å². The molecule has 1 N–H and O–H groups in total. The molecule has 0 aliphatic carbocycles. The van der Waals surface area contributed by atoms with Crippen LogP contribution >= 0.6 is 0 Å². The van der Waals surface area contributed by atoms with Crippen molar-refractivity contribution >= 4 is 0 Å². The van der Waals surface area contributed by atoms with Crippen molar-refractivity contribution in [3.05, 3.63) is 48.3 Å². The Morgan fingerprint density at radius 1 is 1.28 bits per heavy atom. The van der Waals surface area contributed by atoms with E-state index in [1.54, 1.807) is 10.9 Å². The third-order valence-corrected chi connectivity index (χ3v) is 3.29. The second kappa shape index (κ2) is 4.92. The number of aromatic nitrogens is 2. The molecule has 1 fully saturated rings. The Morgan fingerprint density at radius 3 is 2.83 bits per heavy atom. The van der Waals surface area contributed by atoms with Crippen LogP contribution in [0, 0.1) is 0 Å². The highest BCUT2D eigenvalue weighted by molar-refractivity contribution is 5.33. The molecule has 4 heteroatoms. The van der Waals surface area contributed by atoms with Crippen LogP contribution in [0.25, 0.3) is 5.69 Å². The van der Waals surface area contributed by atoms with Gasteiger partial charge in [-0.2, -0.15) is 5.10 Å². The number of hydrogen-bond donors (Lipinski definition) is 1. The maximum atomic E-state index is 10.4. The summed E-state index contributed by atoms with van der Waals surface area (Å²) in [5.41, 5.74) is 1.74. The summed E-state index contributed by atoms with van der Waals surface area (Å²) in [6.07, 6.45) is 2.91. The van der Waals surface area contributed by atoms with E-state index in [0.29, 0.717) is 0 Å². The molecule has 1 aliphatic heterocycles. The standard InChI is InChI=1S/C14H16N2O2/c17-14(13-7-4-10-18-13)12-8-9-15-16(12)11-5-2-1-3-6-11/h1-3,5-6,8-9,13-14,17H,4,7,10H2. The maximum Gasteiger partial charge on any atom is 0.122 e. The van der Waals surface area contributed by atoms with Gasteiger partial charge in [-0.25, -0.2) is 4.68 Å². The first-order chi connectivity index (χ1) is 8.86. The maximum absolute atomic E-state index is 10.4. The van der Waals surface area contributed by atoms with Gasteiger partial charge in [-0.05, 0) is 31.0 Å². The van der Waals surface area contributed by atoms with Crippen molar-refractivity contribution in [2.24, 2.45) is 0 Å². The van der Waals surface area contributed by atoms with Crippen LogP contribution in [0.4, 0.5) is 0 Å². The molecule has 2 atom stereocenters. The molecule has 1 aliphatic rings. The highest BCUT2D eigenvalue weighted by atomic mass is 16.5. The van der Waals surface area contributed by atoms with E-state index >= 15 is 0 Å². The number of hydrogen-bond acceptors (Lipinski definition) is 3. The van der Waals surface area contributed by atoms with Crippen molar-refractivity contribution in [3.63, 3.8) is 0 Å². The largest absolute Gasteiger partial charge is 0.384 e. The van der Waals surface area contributed by atoms with Crippen LogP contribution in [-0.2, 0) is 4.74 Å². The Balaban J connectivity index is 1.91. The fourth-order valence-corrected chi connectivity index (χ4v) is 2.36. The fraction of sp³-hybridized carbons (Fsp3) is 0.357. The predicted octanol–water partition coefficient (Wildman–Crippen LogP) is 2.08. The number of aliphatic hydroxyl groups is 1. The fourth-order valence-electron chi connectivity index (χ4n) is 2.36. The zero-order valence-electron chi connectivity index (χ0n) is 10.1. The van der Waals surface area contributed by atoms with E-state index in [9.17, 15) is 5.11 Å². The molecule has 1 saturated heterocycles. The summed E-state index contributed by atoms with van der Waals surface area (Å²) in [6.45, 7) is 0.737. The van der Waals surface area contributed by atoms with Crippen molar-refractivity contribution in [1.82, 2.24) is 9.78 Å². The Kier molecular flexibility index (Phi) is 3.13. The number of rotatable bonds is 3. The van der Waals surface area contributed by atoms with Crippen molar-refractivity contribution < 1.29 is 9.84 Å². The number of benzene rings is 1. The van der Waals surface area contributed by atoms with Gasteiger partial charge >= 0.3 is 0 Å². The summed E-state index contributed by atoms with van der Waals surface area (Å²) < 4.78 is 7.31. The van der Waals surface area contributed by atoms with Gasteiger partial charge < -0.3 is 9.84 Å². The number of ether oxygens (including phenoxy) is 1. The molecule has 0 spiro atoms. The van der Waals surface area contributed by atoms with Gasteiger partial charge in [0.05, 0.1) is 17.5 Å². The second-order valence-corrected chi connectivity index (χ2v) is 4.50. The molecular weight excluding hydrogens is 228 g/mol. The molecule has 1 aromatic heterocycles. The molecule has 18 heavy (non-hydrogen) atoms. The normalized spacial score (nSPS) is 21.1. The molecule has 2 aromatic rings. The summed E-state index contributed by atoms with van der Waals surface area (Å²) in [4.78, 5) is 0. The number of para-hydroxylation sites is 1. The van der Waals surface area contributed by atoms with Crippen LogP contribution < -0.4 is 0 Å². The first-order valence-electron chi connectivity index (χ1n) is 6.25. The molecule has 4 nitrogen and oxygen atoms in total. The van der Waals surface area contributed by atoms with Gasteiger partial charge in [-0.15, -0.1) is 0 Å². The van der Waals surface area contributed by atoms with Gasteiger partial charge in [0.25, 0.3) is 0 Å². The van der Waals surface area contributed by atoms with E-state index in [0.717, 1.165) is 30.8 Å². The molecule has 94 valence electrons. The van der Waals surface area contributed by atoms with Crippen LogP contribution in [0.15, 0.2) is 42.6 Å². The minimum Gasteiger partial charge on any atom is -0.384 e. The van der Waals surface area contributed by atoms with Crippen molar-refractivity contribution in [1.29, 1.82) is 0 Å². The molecule has 2 unspecified atom stereocenters. The Morgan fingerprint density at radius 2 is 2.11 bits per heavy atom. The molecular formula is C14H16N2O2. The van der Waals surface area contributed by atoms with Crippen molar-refractivity contribution in [3.8, 4) is 5.69 Å². The lowest BCUT2D eigenvalue weighted by atomic mass is 10.1. The first kappa shape index (κ1) is 11.4. The average molecular weight is 244 g/mol. The monoisotopic (exact) mass is 244 g/mol. The Hall–Kier alpha value is -1.65. The van der Waals surface area contributed by atoms with Gasteiger partial charge in [0.15, 0.2) is 0 Å². The molecule has 0 radical (unpaired) electrons. The average Bonchev–Trinajstić information content (AvgIpc) is 3.10. The summed E-state index contributed by atoms with van der Waals surface area (Å²) in [6, 6.07) is 11.7. The predicted molar refractivity (Wildman–Crippen MR) is 67.5 cm³/mol. The molecule has 1 aromatic carbocycles. The van der Waals surface area contributed by atoms with Crippen LogP contribution in [-0.4, -0.2) is 27.6 Å². The lowest BCUT2D eigenvalue weighted by Gasteiger charge is -2.18. The highest BCUT2D eigenvalue weighted by Gasteiger charge is 2.28. The summed E-state index contributed by atoms with van der Waals surface area (Å²) in [5, 5.41) is 14.6. The first-order valence-corrected chi connectivity index (χ1v) is 6.25. The van der Waals surface area contributed by atoms with E-state index in [1.165, 1.54) is 0 Å². The van der Waals surface area contributed by atoms with E-state index < -0.39 is 6.10 Å². The molecule has 3 rings (SSSR count). The summed E-state index contributed by atoms with van der Waals surface area (Å²) >= 11 is 0. The Labute approximate surface area is 106 Å². The van der Waals surface area contributed by atoms with Crippen LogP contribution in [0.3, 0.4) is 0 Å². The highest BCUT2D eigenvalue weighted by Crippen LogP contribution is 2.27. The Bertz CT molecular complexity index is 504. The third-order valence-electron chi connectivity index (χ3n) is 3.29. The number of aliphatic hydroxyl groups excluding tert-OH is 1. The lowest BCUT2D eigenvalue weighted by molar-refractivity contribution is -0.00584. The summed E-state index contributed by atoms with van der Waals surface area (Å²) in [7, 11) is 0. The minimum absolute atomic E-state index is 0.107. The third kappa shape index (κ3) is 2.05. The molecule has 0 saturated carbocycles. The minimum atomic E-state index is -0.616. The van der Waals surface area contributed by atoms with E-state index in [2.05, 4.69) is 5.10 Å². The van der Waals surface area contributed by atoms with Crippen molar-refractivity contribution in [2.75, 3.05) is 6.61 Å². The molecule has 0 bridgehead atoms.